The van der Waals surface area contributed by atoms with Crippen molar-refractivity contribution in [3.8, 4) is 11.5 Å². The first-order chi connectivity index (χ1) is 15.0. The van der Waals surface area contributed by atoms with Gasteiger partial charge in [-0.25, -0.2) is 4.79 Å². The molecule has 0 aliphatic heterocycles. The summed E-state index contributed by atoms with van der Waals surface area (Å²) in [5.74, 6) is 1.27. The zero-order chi connectivity index (χ0) is 22.5. The number of carbonyl (C=O) groups is 1. The summed E-state index contributed by atoms with van der Waals surface area (Å²) in [6, 6.07) is 7.26. The molecule has 0 aromatic heterocycles. The van der Waals surface area contributed by atoms with Gasteiger partial charge in [0.2, 0.25) is 0 Å². The van der Waals surface area contributed by atoms with Crippen LogP contribution in [-0.4, -0.2) is 68.9 Å². The van der Waals surface area contributed by atoms with E-state index in [1.54, 1.807) is 36.3 Å². The SMILES string of the molecule is C=CCN(C)CCCCCCO[C@H]1CC[C@H](N(C)C(=O)Oc2ccc(OC)cc2)CC1. The van der Waals surface area contributed by atoms with Crippen LogP contribution in [0.2, 0.25) is 0 Å². The van der Waals surface area contributed by atoms with Crippen molar-refractivity contribution in [1.29, 1.82) is 0 Å². The van der Waals surface area contributed by atoms with Gasteiger partial charge in [0.15, 0.2) is 0 Å². The lowest BCUT2D eigenvalue weighted by molar-refractivity contribution is 0.0104. The topological polar surface area (TPSA) is 51.2 Å². The summed E-state index contributed by atoms with van der Waals surface area (Å²) in [4.78, 5) is 16.5. The maximum absolute atomic E-state index is 12.5. The van der Waals surface area contributed by atoms with Crippen molar-refractivity contribution in [2.45, 2.75) is 63.5 Å². The lowest BCUT2D eigenvalue weighted by Crippen LogP contribution is -2.42. The standard InChI is InChI=1S/C25H40N2O4/c1-5-18-26(2)19-8-6-7-9-20-30-23-12-10-21(11-13-23)27(3)25(28)31-24-16-14-22(29-4)15-17-24/h5,14-17,21,23H,1,6-13,18-20H2,2-4H3/t21-,23-. The monoisotopic (exact) mass is 432 g/mol. The maximum atomic E-state index is 12.5. The molecule has 0 N–H and O–H groups in total. The van der Waals surface area contributed by atoms with E-state index in [0.29, 0.717) is 11.9 Å². The van der Waals surface area contributed by atoms with Gasteiger partial charge in [0.05, 0.1) is 13.2 Å². The molecule has 2 rings (SSSR count). The molecule has 174 valence electrons. The molecule has 0 bridgehead atoms. The molecule has 0 heterocycles. The number of methoxy groups -OCH3 is 1. The van der Waals surface area contributed by atoms with Gasteiger partial charge in [-0.15, -0.1) is 6.58 Å². The van der Waals surface area contributed by atoms with E-state index >= 15 is 0 Å². The highest BCUT2D eigenvalue weighted by Gasteiger charge is 2.27. The van der Waals surface area contributed by atoms with Crippen molar-refractivity contribution in [3.63, 3.8) is 0 Å². The largest absolute Gasteiger partial charge is 0.497 e. The molecule has 31 heavy (non-hydrogen) atoms. The molecule has 6 heteroatoms. The second-order valence-corrected chi connectivity index (χ2v) is 8.42. The molecule has 0 unspecified atom stereocenters. The molecule has 0 saturated heterocycles. The van der Waals surface area contributed by atoms with Gasteiger partial charge in [-0.3, -0.25) is 0 Å². The predicted octanol–water partition coefficient (Wildman–Crippen LogP) is 5.13. The van der Waals surface area contributed by atoms with Gasteiger partial charge in [-0.1, -0.05) is 18.9 Å². The summed E-state index contributed by atoms with van der Waals surface area (Å²) in [6.45, 7) is 6.70. The molecule has 1 saturated carbocycles. The van der Waals surface area contributed by atoms with Crippen LogP contribution in [-0.2, 0) is 4.74 Å². The molecule has 1 aliphatic carbocycles. The van der Waals surface area contributed by atoms with Gasteiger partial charge >= 0.3 is 6.09 Å². The summed E-state index contributed by atoms with van der Waals surface area (Å²) in [5, 5.41) is 0. The fourth-order valence-corrected chi connectivity index (χ4v) is 3.96. The number of benzene rings is 1. The van der Waals surface area contributed by atoms with Crippen LogP contribution in [0.5, 0.6) is 11.5 Å². The zero-order valence-electron chi connectivity index (χ0n) is 19.6. The van der Waals surface area contributed by atoms with Crippen molar-refractivity contribution >= 4 is 6.09 Å². The average molecular weight is 433 g/mol. The van der Waals surface area contributed by atoms with E-state index in [2.05, 4.69) is 18.5 Å². The smallest absolute Gasteiger partial charge is 0.415 e. The van der Waals surface area contributed by atoms with Crippen LogP contribution in [0.25, 0.3) is 0 Å². The van der Waals surface area contributed by atoms with E-state index in [1.165, 1.54) is 19.3 Å². The first kappa shape index (κ1) is 25.2. The Balaban J connectivity index is 1.56. The molecule has 0 radical (unpaired) electrons. The fourth-order valence-electron chi connectivity index (χ4n) is 3.96. The molecular formula is C25H40N2O4. The Bertz CT molecular complexity index is 641. The van der Waals surface area contributed by atoms with Gasteiger partial charge in [0, 0.05) is 26.2 Å². The number of unbranched alkanes of at least 4 members (excludes halogenated alkanes) is 3. The molecule has 1 fully saturated rings. The highest BCUT2D eigenvalue weighted by Crippen LogP contribution is 2.26. The number of amides is 1. The Morgan fingerprint density at radius 2 is 1.68 bits per heavy atom. The minimum absolute atomic E-state index is 0.207. The summed E-state index contributed by atoms with van der Waals surface area (Å²) in [5.41, 5.74) is 0. The number of hydrogen-bond donors (Lipinski definition) is 0. The number of nitrogens with zero attached hydrogens (tertiary/aromatic N) is 2. The third kappa shape index (κ3) is 9.32. The second-order valence-electron chi connectivity index (χ2n) is 8.42. The fraction of sp³-hybridized carbons (Fsp3) is 0.640. The van der Waals surface area contributed by atoms with Crippen LogP contribution in [0.15, 0.2) is 36.9 Å². The minimum atomic E-state index is -0.312. The lowest BCUT2D eigenvalue weighted by atomic mass is 9.92. The van der Waals surface area contributed by atoms with E-state index in [-0.39, 0.29) is 12.1 Å². The van der Waals surface area contributed by atoms with E-state index in [4.69, 9.17) is 14.2 Å². The van der Waals surface area contributed by atoms with Gasteiger partial charge < -0.3 is 24.0 Å². The first-order valence-electron chi connectivity index (χ1n) is 11.5. The summed E-state index contributed by atoms with van der Waals surface area (Å²) in [6.07, 6.45) is 10.7. The van der Waals surface area contributed by atoms with Gasteiger partial charge in [0.1, 0.15) is 11.5 Å². The number of hydrogen-bond acceptors (Lipinski definition) is 5. The lowest BCUT2D eigenvalue weighted by Gasteiger charge is -2.34. The number of rotatable bonds is 13. The Morgan fingerprint density at radius 3 is 2.32 bits per heavy atom. The highest BCUT2D eigenvalue weighted by molar-refractivity contribution is 5.70. The van der Waals surface area contributed by atoms with Crippen LogP contribution in [0.3, 0.4) is 0 Å². The van der Waals surface area contributed by atoms with Crippen LogP contribution in [0.4, 0.5) is 4.79 Å². The molecule has 0 atom stereocenters. The number of likely N-dealkylation sites (N-methyl/N-ethyl adjacent to an activating group) is 1. The van der Waals surface area contributed by atoms with E-state index in [0.717, 1.165) is 57.6 Å². The first-order valence-corrected chi connectivity index (χ1v) is 11.5. The quantitative estimate of drug-likeness (QED) is 0.319. The molecule has 0 spiro atoms. The highest BCUT2D eigenvalue weighted by atomic mass is 16.6. The zero-order valence-corrected chi connectivity index (χ0v) is 19.6. The van der Waals surface area contributed by atoms with E-state index < -0.39 is 0 Å². The maximum Gasteiger partial charge on any atom is 0.415 e. The Hall–Kier alpha value is -2.05. The third-order valence-electron chi connectivity index (χ3n) is 5.97. The van der Waals surface area contributed by atoms with Crippen LogP contribution in [0.1, 0.15) is 51.4 Å². The van der Waals surface area contributed by atoms with Gasteiger partial charge in [0.25, 0.3) is 0 Å². The third-order valence-corrected chi connectivity index (χ3v) is 5.97. The second kappa shape index (κ2) is 14.1. The van der Waals surface area contributed by atoms with Crippen molar-refractivity contribution in [3.05, 3.63) is 36.9 Å². The minimum Gasteiger partial charge on any atom is -0.497 e. The Morgan fingerprint density at radius 1 is 1.03 bits per heavy atom. The predicted molar refractivity (Wildman–Crippen MR) is 125 cm³/mol. The average Bonchev–Trinajstić information content (AvgIpc) is 2.79. The summed E-state index contributed by atoms with van der Waals surface area (Å²) in [7, 11) is 5.57. The van der Waals surface area contributed by atoms with Crippen molar-refractivity contribution in [2.24, 2.45) is 0 Å². The normalized spacial score (nSPS) is 18.6. The summed E-state index contributed by atoms with van der Waals surface area (Å²) >= 11 is 0. The molecular weight excluding hydrogens is 392 g/mol. The summed E-state index contributed by atoms with van der Waals surface area (Å²) < 4.78 is 16.7. The van der Waals surface area contributed by atoms with Crippen LogP contribution >= 0.6 is 0 Å². The van der Waals surface area contributed by atoms with Gasteiger partial charge in [-0.05, 0) is 76.4 Å². The Kier molecular flexibility index (Phi) is 11.5. The molecule has 1 aromatic carbocycles. The molecule has 1 aromatic rings. The van der Waals surface area contributed by atoms with Crippen LogP contribution in [0, 0.1) is 0 Å². The van der Waals surface area contributed by atoms with Crippen molar-refractivity contribution in [2.75, 3.05) is 40.9 Å². The van der Waals surface area contributed by atoms with E-state index in [9.17, 15) is 4.79 Å². The number of ether oxygens (including phenoxy) is 3. The van der Waals surface area contributed by atoms with Crippen molar-refractivity contribution in [1.82, 2.24) is 9.80 Å². The molecule has 1 amide bonds. The van der Waals surface area contributed by atoms with Crippen LogP contribution < -0.4 is 9.47 Å². The Labute approximate surface area is 188 Å². The number of carbonyl (C=O) groups excluding carboxylic acids is 1. The van der Waals surface area contributed by atoms with Crippen molar-refractivity contribution < 1.29 is 19.0 Å². The molecule has 1 aliphatic rings. The van der Waals surface area contributed by atoms with Gasteiger partial charge in [-0.2, -0.15) is 0 Å². The van der Waals surface area contributed by atoms with E-state index in [1.807, 2.05) is 13.1 Å². The molecule has 6 nitrogen and oxygen atoms in total.